The van der Waals surface area contributed by atoms with Crippen molar-refractivity contribution in [2.45, 2.75) is 17.6 Å². The van der Waals surface area contributed by atoms with E-state index in [1.807, 2.05) is 0 Å². The fourth-order valence-electron chi connectivity index (χ4n) is 0.923. The number of nitrogens with two attached hydrogens (primary N) is 1. The number of esters is 1. The molecule has 1 rings (SSSR count). The van der Waals surface area contributed by atoms with E-state index in [0.29, 0.717) is 5.75 Å². The number of ether oxygens (including phenoxy) is 1. The average molecular weight is 230 g/mol. The molecule has 0 spiro atoms. The highest BCUT2D eigenvalue weighted by Gasteiger charge is 2.30. The molecule has 0 aliphatic heterocycles. The van der Waals surface area contributed by atoms with Gasteiger partial charge in [-0.15, -0.1) is 0 Å². The van der Waals surface area contributed by atoms with Gasteiger partial charge in [0.15, 0.2) is 5.16 Å². The molecule has 1 atom stereocenters. The van der Waals surface area contributed by atoms with Crippen LogP contribution in [0.2, 0.25) is 0 Å². The minimum Gasteiger partial charge on any atom is -0.468 e. The maximum Gasteiger partial charge on any atom is 0.326 e. The van der Waals surface area contributed by atoms with E-state index >= 15 is 0 Å². The second-order valence-corrected chi connectivity index (χ2v) is 4.31. The number of hydrogen-bond acceptors (Lipinski definition) is 6. The number of carbonyl (C=O) groups is 1. The minimum absolute atomic E-state index is 0.395. The normalized spacial score (nSPS) is 14.7. The highest BCUT2D eigenvalue weighted by molar-refractivity contribution is 7.99. The molecule has 84 valence electrons. The van der Waals surface area contributed by atoms with Gasteiger partial charge in [-0.2, -0.15) is 5.10 Å². The summed E-state index contributed by atoms with van der Waals surface area (Å²) in [5.74, 6) is -0.0381. The third kappa shape index (κ3) is 2.93. The Kier molecular flexibility index (Phi) is 3.70. The fraction of sp³-hybridized carbons (Fsp3) is 0.625. The quantitative estimate of drug-likeness (QED) is 0.569. The molecule has 1 aromatic rings. The molecule has 6 nitrogen and oxygen atoms in total. The zero-order valence-electron chi connectivity index (χ0n) is 8.93. The molecule has 0 radical (unpaired) electrons. The van der Waals surface area contributed by atoms with E-state index in [0.717, 1.165) is 5.16 Å². The Bertz CT molecular complexity index is 350. The topological polar surface area (TPSA) is 83.0 Å². The number of aromatic nitrogens is 3. The van der Waals surface area contributed by atoms with Crippen molar-refractivity contribution in [3.05, 3.63) is 6.33 Å². The van der Waals surface area contributed by atoms with Crippen molar-refractivity contribution in [2.24, 2.45) is 12.8 Å². The van der Waals surface area contributed by atoms with Gasteiger partial charge >= 0.3 is 5.97 Å². The molecule has 0 fully saturated rings. The average Bonchev–Trinajstić information content (AvgIpc) is 2.60. The maximum atomic E-state index is 11.3. The second kappa shape index (κ2) is 4.63. The van der Waals surface area contributed by atoms with Gasteiger partial charge in [0.1, 0.15) is 11.9 Å². The van der Waals surface area contributed by atoms with E-state index in [1.165, 1.54) is 25.2 Å². The molecule has 0 aliphatic carbocycles. The lowest BCUT2D eigenvalue weighted by molar-refractivity contribution is -0.145. The fourth-order valence-corrected chi connectivity index (χ4v) is 1.83. The number of methoxy groups -OCH3 is 1. The number of hydrogen-bond donors (Lipinski definition) is 1. The Labute approximate surface area is 92.2 Å². The Morgan fingerprint density at radius 1 is 1.80 bits per heavy atom. The predicted octanol–water partition coefficient (Wildman–Crippen LogP) is -0.202. The predicted molar refractivity (Wildman–Crippen MR) is 56.3 cm³/mol. The number of carbonyl (C=O) groups excluding carboxylic acids is 1. The lowest BCUT2D eigenvalue weighted by Crippen LogP contribution is -2.48. The Morgan fingerprint density at radius 3 is 2.93 bits per heavy atom. The van der Waals surface area contributed by atoms with Crippen molar-refractivity contribution in [2.75, 3.05) is 12.9 Å². The van der Waals surface area contributed by atoms with Gasteiger partial charge in [0.2, 0.25) is 0 Å². The van der Waals surface area contributed by atoms with Gasteiger partial charge in [-0.1, -0.05) is 11.8 Å². The summed E-state index contributed by atoms with van der Waals surface area (Å²) in [6.07, 6.45) is 1.45. The number of aryl methyl sites for hydroxylation is 1. The van der Waals surface area contributed by atoms with E-state index in [9.17, 15) is 4.79 Å². The standard InChI is InChI=1S/C8H14N4O2S/c1-8(9,6(13)14-3)4-15-7-10-5-11-12(7)2/h5H,4,9H2,1-3H3. The van der Waals surface area contributed by atoms with Crippen LogP contribution in [0.15, 0.2) is 11.5 Å². The van der Waals surface area contributed by atoms with E-state index < -0.39 is 11.5 Å². The summed E-state index contributed by atoms with van der Waals surface area (Å²) in [7, 11) is 3.10. The Balaban J connectivity index is 2.57. The second-order valence-electron chi connectivity index (χ2n) is 3.36. The molecule has 0 bridgehead atoms. The van der Waals surface area contributed by atoms with Crippen molar-refractivity contribution in [1.82, 2.24) is 14.8 Å². The Morgan fingerprint density at radius 2 is 2.47 bits per heavy atom. The van der Waals surface area contributed by atoms with Crippen LogP contribution in [-0.2, 0) is 16.6 Å². The third-order valence-corrected chi connectivity index (χ3v) is 3.19. The van der Waals surface area contributed by atoms with Crippen molar-refractivity contribution >= 4 is 17.7 Å². The van der Waals surface area contributed by atoms with Crippen LogP contribution >= 0.6 is 11.8 Å². The number of nitrogens with zero attached hydrogens (tertiary/aromatic N) is 3. The Hall–Kier alpha value is -1.08. The molecule has 0 amide bonds. The van der Waals surface area contributed by atoms with Crippen LogP contribution in [0.1, 0.15) is 6.92 Å². The first-order chi connectivity index (χ1) is 6.97. The molecule has 7 heteroatoms. The van der Waals surface area contributed by atoms with Crippen molar-refractivity contribution in [1.29, 1.82) is 0 Å². The summed E-state index contributed by atoms with van der Waals surface area (Å²) in [5, 5.41) is 4.63. The largest absolute Gasteiger partial charge is 0.468 e. The zero-order chi connectivity index (χ0) is 11.5. The molecule has 0 aliphatic rings. The minimum atomic E-state index is -1.01. The third-order valence-electron chi connectivity index (χ3n) is 1.82. The summed E-state index contributed by atoms with van der Waals surface area (Å²) in [4.78, 5) is 15.3. The summed E-state index contributed by atoms with van der Waals surface area (Å²) >= 11 is 1.37. The summed E-state index contributed by atoms with van der Waals surface area (Å²) < 4.78 is 6.22. The van der Waals surface area contributed by atoms with Crippen molar-refractivity contribution in [3.8, 4) is 0 Å². The molecule has 15 heavy (non-hydrogen) atoms. The smallest absolute Gasteiger partial charge is 0.326 e. The monoisotopic (exact) mass is 230 g/mol. The van der Waals surface area contributed by atoms with Gasteiger partial charge in [0.05, 0.1) is 7.11 Å². The van der Waals surface area contributed by atoms with E-state index in [4.69, 9.17) is 5.73 Å². The van der Waals surface area contributed by atoms with Crippen LogP contribution in [0.5, 0.6) is 0 Å². The lowest BCUT2D eigenvalue weighted by Gasteiger charge is -2.20. The van der Waals surface area contributed by atoms with E-state index in [2.05, 4.69) is 14.8 Å². The molecular weight excluding hydrogens is 216 g/mol. The van der Waals surface area contributed by atoms with Crippen LogP contribution < -0.4 is 5.73 Å². The number of thioether (sulfide) groups is 1. The summed E-state index contributed by atoms with van der Waals surface area (Å²) in [5.41, 5.74) is 4.78. The van der Waals surface area contributed by atoms with Gasteiger partial charge < -0.3 is 10.5 Å². The highest BCUT2D eigenvalue weighted by atomic mass is 32.2. The van der Waals surface area contributed by atoms with Gasteiger partial charge in [0.25, 0.3) is 0 Å². The summed E-state index contributed by atoms with van der Waals surface area (Å²) in [6, 6.07) is 0. The van der Waals surface area contributed by atoms with Crippen molar-refractivity contribution < 1.29 is 9.53 Å². The summed E-state index contributed by atoms with van der Waals surface area (Å²) in [6.45, 7) is 1.63. The zero-order valence-corrected chi connectivity index (χ0v) is 9.74. The molecule has 1 heterocycles. The molecule has 0 saturated carbocycles. The van der Waals surface area contributed by atoms with Gasteiger partial charge in [-0.05, 0) is 6.92 Å². The van der Waals surface area contributed by atoms with Crippen molar-refractivity contribution in [3.63, 3.8) is 0 Å². The maximum absolute atomic E-state index is 11.3. The van der Waals surface area contributed by atoms with Gasteiger partial charge in [-0.25, -0.2) is 9.67 Å². The first kappa shape index (κ1) is 12.0. The first-order valence-corrected chi connectivity index (χ1v) is 5.30. The molecule has 2 N–H and O–H groups in total. The van der Waals surface area contributed by atoms with E-state index in [-0.39, 0.29) is 0 Å². The molecule has 0 aromatic carbocycles. The highest BCUT2D eigenvalue weighted by Crippen LogP contribution is 2.19. The molecule has 1 aromatic heterocycles. The van der Waals surface area contributed by atoms with Crippen LogP contribution in [-0.4, -0.2) is 39.1 Å². The van der Waals surface area contributed by atoms with Crippen LogP contribution in [0.3, 0.4) is 0 Å². The lowest BCUT2D eigenvalue weighted by atomic mass is 10.1. The van der Waals surface area contributed by atoms with Crippen LogP contribution in [0, 0.1) is 0 Å². The molecule has 0 saturated heterocycles. The molecular formula is C8H14N4O2S. The van der Waals surface area contributed by atoms with Gasteiger partial charge in [-0.3, -0.25) is 4.79 Å². The van der Waals surface area contributed by atoms with Gasteiger partial charge in [0, 0.05) is 12.8 Å². The molecule has 1 unspecified atom stereocenters. The SMILES string of the molecule is COC(=O)C(C)(N)CSc1ncnn1C. The number of rotatable bonds is 4. The van der Waals surface area contributed by atoms with E-state index in [1.54, 1.807) is 18.7 Å². The van der Waals surface area contributed by atoms with Crippen LogP contribution in [0.4, 0.5) is 0 Å². The first-order valence-electron chi connectivity index (χ1n) is 4.31. The van der Waals surface area contributed by atoms with Crippen LogP contribution in [0.25, 0.3) is 0 Å².